The Morgan fingerprint density at radius 1 is 0.416 bits per heavy atom. The van der Waals surface area contributed by atoms with Crippen LogP contribution in [0.1, 0.15) is 54.4 Å². The number of amides is 6. The van der Waals surface area contributed by atoms with Crippen LogP contribution in [-0.4, -0.2) is 221 Å². The van der Waals surface area contributed by atoms with Crippen molar-refractivity contribution in [1.82, 2.24) is 31.9 Å². The van der Waals surface area contributed by atoms with Gasteiger partial charge < -0.3 is 117 Å². The van der Waals surface area contributed by atoms with Gasteiger partial charge in [-0.2, -0.15) is 0 Å². The zero-order valence-electron chi connectivity index (χ0n) is 61.3. The van der Waals surface area contributed by atoms with Crippen LogP contribution < -0.4 is 55.6 Å². The lowest BCUT2D eigenvalue weighted by atomic mass is 9.82. The van der Waals surface area contributed by atoms with Gasteiger partial charge in [-0.05, 0) is 72.6 Å². The van der Waals surface area contributed by atoms with Crippen molar-refractivity contribution in [3.63, 3.8) is 0 Å². The normalized spacial score (nSPS) is 26.7. The number of carbonyl (C=O) groups is 12. The van der Waals surface area contributed by atoms with E-state index in [-0.39, 0.29) is 35.3 Å². The molecule has 4 heterocycles. The summed E-state index contributed by atoms with van der Waals surface area (Å²) in [6.07, 6.45) is -34.8. The van der Waals surface area contributed by atoms with Gasteiger partial charge in [-0.25, -0.2) is 24.0 Å². The van der Waals surface area contributed by atoms with Crippen LogP contribution in [0, 0.1) is 0 Å². The highest BCUT2D eigenvalue weighted by molar-refractivity contribution is 5.84. The molecule has 0 aromatic heterocycles. The van der Waals surface area contributed by atoms with Crippen molar-refractivity contribution in [2.24, 2.45) is 5.11 Å². The number of esters is 6. The van der Waals surface area contributed by atoms with E-state index in [1.165, 1.54) is 60.7 Å². The number of nitrogens with one attached hydrogen (secondary N) is 6. The Balaban J connectivity index is 1.09. The average Bonchev–Trinajstić information content (AvgIpc) is 1.73. The van der Waals surface area contributed by atoms with E-state index in [9.17, 15) is 58.3 Å². The van der Waals surface area contributed by atoms with Crippen LogP contribution in [0.2, 0.25) is 0 Å². The second-order valence-electron chi connectivity index (χ2n) is 25.7. The predicted octanol–water partition coefficient (Wildman–Crippen LogP) is 4.94. The summed E-state index contributed by atoms with van der Waals surface area (Å²) in [5.41, 5.74) is 9.56. The fraction of sp³-hybridized carbons (Fsp3) is 0.432. The number of hydrogen-bond donors (Lipinski definition) is 6. The first-order chi connectivity index (χ1) is 54.3. The van der Waals surface area contributed by atoms with Gasteiger partial charge in [0.05, 0.1) is 31.3 Å². The lowest BCUT2D eigenvalue weighted by Crippen LogP contribution is -2.69. The molecule has 39 nitrogen and oxygen atoms in total. The molecule has 6 amide bonds. The number of ether oxygens (including phenoxy) is 18. The van der Waals surface area contributed by atoms with Crippen molar-refractivity contribution in [3.05, 3.63) is 162 Å². The van der Waals surface area contributed by atoms with E-state index in [0.29, 0.717) is 0 Å². The van der Waals surface area contributed by atoms with E-state index in [0.717, 1.165) is 41.5 Å². The molecule has 6 N–H and O–H groups in total. The molecular weight excluding hydrogens is 1490 g/mol. The van der Waals surface area contributed by atoms with Crippen molar-refractivity contribution in [1.29, 1.82) is 0 Å². The third-order valence-corrected chi connectivity index (χ3v) is 17.3. The van der Waals surface area contributed by atoms with Crippen LogP contribution in [0.3, 0.4) is 0 Å². The van der Waals surface area contributed by atoms with Gasteiger partial charge >= 0.3 is 66.3 Å². The van der Waals surface area contributed by atoms with Crippen LogP contribution in [-0.2, 0) is 95.1 Å². The maximum Gasteiger partial charge on any atom is 0.413 e. The lowest BCUT2D eigenvalue weighted by molar-refractivity contribution is -0.294. The van der Waals surface area contributed by atoms with Gasteiger partial charge in [0, 0.05) is 59.4 Å². The fourth-order valence-electron chi connectivity index (χ4n) is 12.7. The number of azide groups is 1. The molecule has 1 aliphatic carbocycles. The van der Waals surface area contributed by atoms with E-state index in [4.69, 9.17) is 85.3 Å². The van der Waals surface area contributed by atoms with E-state index in [2.05, 4.69) is 41.9 Å². The van der Waals surface area contributed by atoms with Gasteiger partial charge in [0.15, 0.2) is 49.4 Å². The van der Waals surface area contributed by atoms with Gasteiger partial charge in [-0.3, -0.25) is 33.6 Å². The van der Waals surface area contributed by atoms with E-state index >= 15 is 4.79 Å². The minimum atomic E-state index is -2.20. The van der Waals surface area contributed by atoms with Crippen LogP contribution in [0.15, 0.2) is 157 Å². The molecule has 602 valence electrons. The summed E-state index contributed by atoms with van der Waals surface area (Å²) in [6, 6.07) is 32.0. The van der Waals surface area contributed by atoms with E-state index in [1.807, 2.05) is 0 Å². The number of nitrogens with zero attached hydrogens (tertiary/aromatic N) is 3. The smallest absolute Gasteiger partial charge is 0.413 e. The van der Waals surface area contributed by atoms with Crippen molar-refractivity contribution < 1.29 is 143 Å². The van der Waals surface area contributed by atoms with Gasteiger partial charge in [0.25, 0.3) is 5.91 Å². The number of rotatable bonds is 30. The Hall–Kier alpha value is -12.2. The Labute approximate surface area is 643 Å². The van der Waals surface area contributed by atoms with Gasteiger partial charge in [0.2, 0.25) is 0 Å². The maximum atomic E-state index is 15.0. The minimum absolute atomic E-state index is 0.0102. The number of benzene rings is 5. The highest BCUT2D eigenvalue weighted by Gasteiger charge is 2.63. The molecular formula is C74H81N9O30. The van der Waals surface area contributed by atoms with Crippen molar-refractivity contribution in [2.45, 2.75) is 177 Å². The number of carbonyl (C=O) groups excluding carboxylic acids is 12. The first-order valence-corrected chi connectivity index (χ1v) is 35.4. The predicted molar refractivity (Wildman–Crippen MR) is 378 cm³/mol. The molecule has 0 radical (unpaired) electrons. The van der Waals surface area contributed by atoms with E-state index in [1.54, 1.807) is 91.0 Å². The fourth-order valence-corrected chi connectivity index (χ4v) is 12.7. The summed E-state index contributed by atoms with van der Waals surface area (Å²) in [5.74, 6) is -6.98. The second-order valence-corrected chi connectivity index (χ2v) is 25.7. The Morgan fingerprint density at radius 2 is 0.841 bits per heavy atom. The van der Waals surface area contributed by atoms with Crippen LogP contribution in [0.25, 0.3) is 10.4 Å². The molecule has 39 heteroatoms. The minimum Gasteiger partial charge on any atom is -0.463 e. The SMILES string of the molecule is CC(=O)OC[C@H]1O[C@@H](O[C@@H]2[C@@H](OC(C)=O)[C@H](NC(=O)[C@H](CCNC(=O)Oc3ccccc3)OC(C)=O)C[C@H](NC(=O)Oc3ccccc3)[C@H]2O[C@H]2O[C@H](CN=[N+]=[N-])[C@@H]3O[C@@H]3[C@H]2NC(=O)Oc2ccccc2)[C@H](OC(C)=O)[C@@H]1O[C@H]1O[C@@H](CNC(=O)Oc2ccccc2)[C@@H](OC(C)=O)[C@H](OC(C)=O)[C@H]1NC(=O)Oc1ccccc1. The van der Waals surface area contributed by atoms with E-state index < -0.39 is 227 Å². The number of para-hydroxylation sites is 5. The first kappa shape index (κ1) is 83.2. The van der Waals surface area contributed by atoms with Crippen molar-refractivity contribution >= 4 is 72.2 Å². The maximum absolute atomic E-state index is 15.0. The summed E-state index contributed by atoms with van der Waals surface area (Å²) in [6.45, 7) is 3.61. The number of fused-ring (bicyclic) bond motifs is 1. The molecule has 0 unspecified atom stereocenters. The standard InChI is InChI=1S/C74H81N9O30/c1-38(84)96-37-54-61(112-68-55(81-73(94)105-47-28-18-10-19-29-47)62(100-42(5)88)59(99-41(4)87)52(107-68)35-77-71(92)103-45-24-14-8-15-25-45)65(101-43(6)89)69(109-54)113-64-57(98-40(3)86)49(79-66(90)51(97-39(2)85)32-33-76-70(91)102-44-22-12-7-13-23-44)34-50(80-72(93)104-46-26-16-9-17-27-46)58(64)111-67-56(63-60(110-63)53(108-67)36-78-83-75)82-74(95)106-48-30-20-11-21-31-48/h7-31,49-65,67-69H,32-37H2,1-6H3,(H,76,91)(H,77,92)(H,79,90)(H,80,93)(H,81,94)(H,82,95)/t49-,50+,51+,52+,53-,54-,55-,56-,57+,58-,59-,60+,61-,62-,63-,64-,65-,67-,68-,69+/m1/s1. The van der Waals surface area contributed by atoms with Gasteiger partial charge in [-0.1, -0.05) is 96.1 Å². The zero-order chi connectivity index (χ0) is 80.7. The van der Waals surface area contributed by atoms with Crippen LogP contribution in [0.5, 0.6) is 28.7 Å². The van der Waals surface area contributed by atoms with Crippen molar-refractivity contribution in [2.75, 3.05) is 26.2 Å². The first-order valence-electron chi connectivity index (χ1n) is 35.4. The molecule has 4 saturated heterocycles. The molecule has 0 bridgehead atoms. The lowest BCUT2D eigenvalue weighted by Gasteiger charge is -2.48. The number of hydrogen-bond acceptors (Lipinski definition) is 31. The van der Waals surface area contributed by atoms with Gasteiger partial charge in [0.1, 0.15) is 90.2 Å². The topological polar surface area (TPSA) is 495 Å². The zero-order valence-corrected chi connectivity index (χ0v) is 61.3. The highest BCUT2D eigenvalue weighted by atomic mass is 16.8. The third-order valence-electron chi connectivity index (χ3n) is 17.3. The summed E-state index contributed by atoms with van der Waals surface area (Å²) in [5, 5.41) is 19.4. The highest BCUT2D eigenvalue weighted by Crippen LogP contribution is 2.42. The average molecular weight is 1580 g/mol. The summed E-state index contributed by atoms with van der Waals surface area (Å²) in [4.78, 5) is 168. The Bertz CT molecular complexity index is 4180. The molecule has 5 fully saturated rings. The molecule has 20 atom stereocenters. The van der Waals surface area contributed by atoms with Gasteiger partial charge in [-0.15, -0.1) is 0 Å². The second kappa shape index (κ2) is 40.1. The third kappa shape index (κ3) is 24.4. The molecule has 113 heavy (non-hydrogen) atoms. The molecule has 4 aliphatic heterocycles. The molecule has 0 spiro atoms. The quantitative estimate of drug-likeness (QED) is 0.00885. The summed E-state index contributed by atoms with van der Waals surface area (Å²) < 4.78 is 109. The molecule has 5 aromatic carbocycles. The largest absolute Gasteiger partial charge is 0.463 e. The summed E-state index contributed by atoms with van der Waals surface area (Å²) >= 11 is 0. The van der Waals surface area contributed by atoms with Crippen molar-refractivity contribution in [3.8, 4) is 28.7 Å². The molecule has 1 saturated carbocycles. The van der Waals surface area contributed by atoms with Crippen LogP contribution >= 0.6 is 0 Å². The summed E-state index contributed by atoms with van der Waals surface area (Å²) in [7, 11) is 0. The monoisotopic (exact) mass is 1580 g/mol. The molecule has 10 rings (SSSR count). The Kier molecular flexibility index (Phi) is 29.6. The number of epoxide rings is 1. The van der Waals surface area contributed by atoms with Crippen LogP contribution in [0.4, 0.5) is 24.0 Å². The Morgan fingerprint density at radius 3 is 1.35 bits per heavy atom. The molecule has 5 aromatic rings. The molecule has 5 aliphatic rings.